The number of hydrogen-bond donors (Lipinski definition) is 1. The van der Waals surface area contributed by atoms with E-state index in [1.807, 2.05) is 12.1 Å². The molecule has 1 aliphatic rings. The van der Waals surface area contributed by atoms with Crippen molar-refractivity contribution < 1.29 is 23.9 Å². The largest absolute Gasteiger partial charge is 0.497 e. The third-order valence-corrected chi connectivity index (χ3v) is 4.54. The molecule has 8 nitrogen and oxygen atoms in total. The van der Waals surface area contributed by atoms with Gasteiger partial charge >= 0.3 is 6.03 Å². The minimum atomic E-state index is -0.886. The van der Waals surface area contributed by atoms with Gasteiger partial charge in [-0.15, -0.1) is 0 Å². The second-order valence-electron chi connectivity index (χ2n) is 7.04. The van der Waals surface area contributed by atoms with Crippen molar-refractivity contribution in [2.24, 2.45) is 0 Å². The molecular formula is C19H27N3O5. The van der Waals surface area contributed by atoms with Gasteiger partial charge in [-0.2, -0.15) is 0 Å². The van der Waals surface area contributed by atoms with Crippen molar-refractivity contribution >= 4 is 17.8 Å². The summed E-state index contributed by atoms with van der Waals surface area (Å²) in [6.07, 6.45) is 0.657. The number of imide groups is 1. The summed E-state index contributed by atoms with van der Waals surface area (Å²) in [6, 6.07) is 5.04. The van der Waals surface area contributed by atoms with Crippen LogP contribution in [0.15, 0.2) is 18.2 Å². The average Bonchev–Trinajstić information content (AvgIpc) is 2.83. The van der Waals surface area contributed by atoms with Crippen LogP contribution in [0.3, 0.4) is 0 Å². The summed E-state index contributed by atoms with van der Waals surface area (Å²) in [7, 11) is 4.86. The Balaban J connectivity index is 1.88. The summed E-state index contributed by atoms with van der Waals surface area (Å²) in [5, 5.41) is 2.63. The number of benzene rings is 1. The van der Waals surface area contributed by atoms with Crippen LogP contribution in [0.4, 0.5) is 4.79 Å². The topological polar surface area (TPSA) is 88.2 Å². The summed E-state index contributed by atoms with van der Waals surface area (Å²) in [4.78, 5) is 39.1. The molecule has 0 bridgehead atoms. The number of amides is 4. The third kappa shape index (κ3) is 4.69. The lowest BCUT2D eigenvalue weighted by Gasteiger charge is -2.20. The highest BCUT2D eigenvalue weighted by Crippen LogP contribution is 2.25. The summed E-state index contributed by atoms with van der Waals surface area (Å²) in [5.74, 6) is 0.993. The van der Waals surface area contributed by atoms with E-state index in [2.05, 4.69) is 5.32 Å². The quantitative estimate of drug-likeness (QED) is 0.698. The molecule has 1 saturated heterocycles. The highest BCUT2D eigenvalue weighted by molar-refractivity contribution is 6.06. The van der Waals surface area contributed by atoms with Crippen LogP contribution >= 0.6 is 0 Å². The zero-order valence-corrected chi connectivity index (χ0v) is 16.5. The SMILES string of the molecule is COc1ccc(CN(C)C(=O)CCCN2C(=O)NC(C)(C)C2=O)c(OC)c1. The molecule has 0 radical (unpaired) electrons. The molecule has 0 saturated carbocycles. The Labute approximate surface area is 159 Å². The van der Waals surface area contributed by atoms with Crippen molar-refractivity contribution in [3.8, 4) is 11.5 Å². The van der Waals surface area contributed by atoms with Gasteiger partial charge in [-0.1, -0.05) is 0 Å². The molecule has 0 aliphatic carbocycles. The van der Waals surface area contributed by atoms with Crippen molar-refractivity contribution in [3.63, 3.8) is 0 Å². The lowest BCUT2D eigenvalue weighted by molar-refractivity contribution is -0.132. The molecule has 1 aliphatic heterocycles. The predicted octanol–water partition coefficient (Wildman–Crippen LogP) is 1.77. The van der Waals surface area contributed by atoms with E-state index in [1.165, 1.54) is 4.90 Å². The summed E-state index contributed by atoms with van der Waals surface area (Å²) < 4.78 is 10.5. The minimum absolute atomic E-state index is 0.0702. The fraction of sp³-hybridized carbons (Fsp3) is 0.526. The van der Waals surface area contributed by atoms with Gasteiger partial charge in [0.05, 0.1) is 14.2 Å². The van der Waals surface area contributed by atoms with Gasteiger partial charge in [-0.05, 0) is 32.4 Å². The van der Waals surface area contributed by atoms with Crippen LogP contribution in [-0.4, -0.2) is 61.0 Å². The fourth-order valence-electron chi connectivity index (χ4n) is 2.93. The molecule has 27 heavy (non-hydrogen) atoms. The Hall–Kier alpha value is -2.77. The molecular weight excluding hydrogens is 350 g/mol. The van der Waals surface area contributed by atoms with Gasteiger partial charge in [-0.25, -0.2) is 4.79 Å². The monoisotopic (exact) mass is 377 g/mol. The molecule has 1 aromatic carbocycles. The second-order valence-corrected chi connectivity index (χ2v) is 7.04. The van der Waals surface area contributed by atoms with Crippen LogP contribution in [0, 0.1) is 0 Å². The number of carbonyl (C=O) groups is 3. The van der Waals surface area contributed by atoms with Crippen LogP contribution in [0.1, 0.15) is 32.3 Å². The number of methoxy groups -OCH3 is 2. The number of urea groups is 1. The number of carbonyl (C=O) groups excluding carboxylic acids is 3. The van der Waals surface area contributed by atoms with Gasteiger partial charge in [0.1, 0.15) is 17.0 Å². The third-order valence-electron chi connectivity index (χ3n) is 4.54. The van der Waals surface area contributed by atoms with E-state index in [0.717, 1.165) is 5.56 Å². The molecule has 8 heteroatoms. The van der Waals surface area contributed by atoms with E-state index in [0.29, 0.717) is 24.5 Å². The normalized spacial score (nSPS) is 15.5. The van der Waals surface area contributed by atoms with Crippen LogP contribution in [0.5, 0.6) is 11.5 Å². The van der Waals surface area contributed by atoms with Gasteiger partial charge in [0, 0.05) is 38.2 Å². The summed E-state index contributed by atoms with van der Waals surface area (Å²) >= 11 is 0. The van der Waals surface area contributed by atoms with E-state index in [-0.39, 0.29) is 24.8 Å². The molecule has 1 heterocycles. The fourth-order valence-corrected chi connectivity index (χ4v) is 2.93. The molecule has 0 atom stereocenters. The molecule has 4 amide bonds. The first-order chi connectivity index (χ1) is 12.7. The van der Waals surface area contributed by atoms with Crippen LogP contribution in [0.2, 0.25) is 0 Å². The number of ether oxygens (including phenoxy) is 2. The van der Waals surface area contributed by atoms with Gasteiger partial charge in [0.25, 0.3) is 5.91 Å². The van der Waals surface area contributed by atoms with Gasteiger partial charge in [-0.3, -0.25) is 14.5 Å². The van der Waals surface area contributed by atoms with Crippen LogP contribution < -0.4 is 14.8 Å². The highest BCUT2D eigenvalue weighted by atomic mass is 16.5. The zero-order valence-electron chi connectivity index (χ0n) is 16.5. The van der Waals surface area contributed by atoms with Gasteiger partial charge in [0.2, 0.25) is 5.91 Å². The Morgan fingerprint density at radius 2 is 1.93 bits per heavy atom. The number of hydrogen-bond acceptors (Lipinski definition) is 5. The van der Waals surface area contributed by atoms with Crippen molar-refractivity contribution in [3.05, 3.63) is 23.8 Å². The molecule has 0 unspecified atom stereocenters. The first-order valence-electron chi connectivity index (χ1n) is 8.78. The van der Waals surface area contributed by atoms with Gasteiger partial charge < -0.3 is 19.7 Å². The highest BCUT2D eigenvalue weighted by Gasteiger charge is 2.43. The Morgan fingerprint density at radius 1 is 1.22 bits per heavy atom. The molecule has 1 fully saturated rings. The molecule has 2 rings (SSSR count). The lowest BCUT2D eigenvalue weighted by Crippen LogP contribution is -2.40. The molecule has 0 aromatic heterocycles. The Kier molecular flexibility index (Phi) is 6.30. The Bertz CT molecular complexity index is 732. The number of nitrogens with zero attached hydrogens (tertiary/aromatic N) is 2. The minimum Gasteiger partial charge on any atom is -0.497 e. The summed E-state index contributed by atoms with van der Waals surface area (Å²) in [6.45, 7) is 3.94. The first kappa shape index (κ1) is 20.5. The van der Waals surface area contributed by atoms with E-state index >= 15 is 0 Å². The zero-order chi connectivity index (χ0) is 20.2. The molecule has 1 aromatic rings. The number of rotatable bonds is 8. The van der Waals surface area contributed by atoms with Crippen LogP contribution in [0.25, 0.3) is 0 Å². The van der Waals surface area contributed by atoms with E-state index < -0.39 is 11.6 Å². The molecule has 0 spiro atoms. The second kappa shape index (κ2) is 8.28. The first-order valence-corrected chi connectivity index (χ1v) is 8.78. The summed E-state index contributed by atoms with van der Waals surface area (Å²) in [5.41, 5.74) is -0.0204. The van der Waals surface area contributed by atoms with Crippen molar-refractivity contribution in [2.45, 2.75) is 38.8 Å². The smallest absolute Gasteiger partial charge is 0.325 e. The van der Waals surface area contributed by atoms with Crippen molar-refractivity contribution in [1.29, 1.82) is 0 Å². The maximum atomic E-state index is 12.4. The standard InChI is InChI=1S/C19H27N3O5/c1-19(2)17(24)22(18(25)20-19)10-6-7-16(23)21(3)12-13-8-9-14(26-4)11-15(13)27-5/h8-9,11H,6-7,10,12H2,1-5H3,(H,20,25). The van der Waals surface area contributed by atoms with E-state index in [1.54, 1.807) is 46.1 Å². The average molecular weight is 377 g/mol. The molecule has 1 N–H and O–H groups in total. The Morgan fingerprint density at radius 3 is 2.48 bits per heavy atom. The van der Waals surface area contributed by atoms with Gasteiger partial charge in [0.15, 0.2) is 0 Å². The maximum Gasteiger partial charge on any atom is 0.325 e. The van der Waals surface area contributed by atoms with E-state index in [4.69, 9.17) is 9.47 Å². The number of nitrogens with one attached hydrogen (secondary N) is 1. The van der Waals surface area contributed by atoms with E-state index in [9.17, 15) is 14.4 Å². The van der Waals surface area contributed by atoms with Crippen molar-refractivity contribution in [2.75, 3.05) is 27.8 Å². The molecule has 148 valence electrons. The maximum absolute atomic E-state index is 12.4. The van der Waals surface area contributed by atoms with Crippen LogP contribution in [-0.2, 0) is 16.1 Å². The lowest BCUT2D eigenvalue weighted by atomic mass is 10.1. The predicted molar refractivity (Wildman–Crippen MR) is 99.6 cm³/mol. The van der Waals surface area contributed by atoms with Crippen molar-refractivity contribution in [1.82, 2.24) is 15.1 Å².